The van der Waals surface area contributed by atoms with Crippen LogP contribution in [0, 0.1) is 0 Å². The quantitative estimate of drug-likeness (QED) is 0.889. The largest absolute Gasteiger partial charge is 0.325 e. The van der Waals surface area contributed by atoms with Gasteiger partial charge in [0.1, 0.15) is 0 Å². The Balaban J connectivity index is 1.70. The van der Waals surface area contributed by atoms with Gasteiger partial charge in [-0.1, -0.05) is 42.8 Å². The van der Waals surface area contributed by atoms with Gasteiger partial charge in [-0.05, 0) is 42.7 Å². The van der Waals surface area contributed by atoms with Crippen molar-refractivity contribution in [3.8, 4) is 0 Å². The molecule has 22 heavy (non-hydrogen) atoms. The second-order valence-electron chi connectivity index (χ2n) is 5.90. The lowest BCUT2D eigenvalue weighted by Crippen LogP contribution is -2.22. The molecule has 0 spiro atoms. The van der Waals surface area contributed by atoms with Crippen LogP contribution in [-0.2, 0) is 0 Å². The number of carbonyl (C=O) groups is 1. The number of amides is 1. The van der Waals surface area contributed by atoms with Crippen LogP contribution >= 0.6 is 11.6 Å². The summed E-state index contributed by atoms with van der Waals surface area (Å²) in [5.74, 6) is 0.234. The SMILES string of the molecule is CCC1(N)CC1c1ccc(NC(=O)c2ccccc2Cl)cc1. The minimum absolute atomic E-state index is 0.0394. The van der Waals surface area contributed by atoms with Crippen LogP contribution in [0.1, 0.15) is 41.6 Å². The van der Waals surface area contributed by atoms with Crippen molar-refractivity contribution in [1.82, 2.24) is 0 Å². The van der Waals surface area contributed by atoms with Crippen LogP contribution in [-0.4, -0.2) is 11.4 Å². The molecule has 2 aromatic rings. The predicted molar refractivity (Wildman–Crippen MR) is 90.4 cm³/mol. The molecule has 1 aliphatic rings. The molecule has 3 N–H and O–H groups in total. The Morgan fingerprint density at radius 1 is 1.27 bits per heavy atom. The molecule has 114 valence electrons. The van der Waals surface area contributed by atoms with Crippen molar-refractivity contribution in [1.29, 1.82) is 0 Å². The highest BCUT2D eigenvalue weighted by Gasteiger charge is 2.49. The average molecular weight is 315 g/mol. The fraction of sp³-hybridized carbons (Fsp3) is 0.278. The second kappa shape index (κ2) is 5.75. The topological polar surface area (TPSA) is 55.1 Å². The Labute approximate surface area is 135 Å². The number of halogens is 1. The number of benzene rings is 2. The minimum Gasteiger partial charge on any atom is -0.325 e. The van der Waals surface area contributed by atoms with Crippen LogP contribution in [0.4, 0.5) is 5.69 Å². The Hall–Kier alpha value is -1.84. The highest BCUT2D eigenvalue weighted by Crippen LogP contribution is 2.51. The van der Waals surface area contributed by atoms with Crippen molar-refractivity contribution in [2.45, 2.75) is 31.2 Å². The molecule has 1 amide bonds. The maximum Gasteiger partial charge on any atom is 0.257 e. The molecule has 1 fully saturated rings. The molecule has 2 unspecified atom stereocenters. The number of nitrogens with one attached hydrogen (secondary N) is 1. The fourth-order valence-corrected chi connectivity index (χ4v) is 3.03. The molecular weight excluding hydrogens is 296 g/mol. The zero-order chi connectivity index (χ0) is 15.7. The molecule has 2 aromatic carbocycles. The van der Waals surface area contributed by atoms with E-state index < -0.39 is 0 Å². The standard InChI is InChI=1S/C18H19ClN2O/c1-2-18(20)11-15(18)12-7-9-13(10-8-12)21-17(22)14-5-3-4-6-16(14)19/h3-10,15H,2,11,20H2,1H3,(H,21,22). The molecular formula is C18H19ClN2O. The summed E-state index contributed by atoms with van der Waals surface area (Å²) in [5.41, 5.74) is 8.68. The van der Waals surface area contributed by atoms with E-state index in [4.69, 9.17) is 17.3 Å². The smallest absolute Gasteiger partial charge is 0.257 e. The first-order chi connectivity index (χ1) is 10.5. The molecule has 0 heterocycles. The Kier molecular flexibility index (Phi) is 3.94. The Morgan fingerprint density at radius 2 is 1.95 bits per heavy atom. The summed E-state index contributed by atoms with van der Waals surface area (Å²) < 4.78 is 0. The summed E-state index contributed by atoms with van der Waals surface area (Å²) in [5, 5.41) is 3.32. The van der Waals surface area contributed by atoms with Crippen LogP contribution in [0.3, 0.4) is 0 Å². The molecule has 3 nitrogen and oxygen atoms in total. The maximum atomic E-state index is 12.2. The molecule has 4 heteroatoms. The molecule has 0 bridgehead atoms. The first kappa shape index (κ1) is 15.1. The van der Waals surface area contributed by atoms with Gasteiger partial charge in [0.25, 0.3) is 5.91 Å². The maximum absolute atomic E-state index is 12.2. The average Bonchev–Trinajstić information content (AvgIpc) is 3.21. The number of anilines is 1. The van der Waals surface area contributed by atoms with E-state index >= 15 is 0 Å². The van der Waals surface area contributed by atoms with Gasteiger partial charge in [-0.15, -0.1) is 0 Å². The van der Waals surface area contributed by atoms with Crippen molar-refractivity contribution < 1.29 is 4.79 Å². The summed E-state index contributed by atoms with van der Waals surface area (Å²) in [6.07, 6.45) is 2.03. The van der Waals surface area contributed by atoms with Gasteiger partial charge >= 0.3 is 0 Å². The van der Waals surface area contributed by atoms with Crippen LogP contribution in [0.5, 0.6) is 0 Å². The van der Waals surface area contributed by atoms with Gasteiger partial charge in [0.2, 0.25) is 0 Å². The van der Waals surface area contributed by atoms with E-state index in [9.17, 15) is 4.79 Å². The number of hydrogen-bond acceptors (Lipinski definition) is 2. The first-order valence-corrected chi connectivity index (χ1v) is 7.86. The van der Waals surface area contributed by atoms with E-state index in [2.05, 4.69) is 12.2 Å². The van der Waals surface area contributed by atoms with E-state index in [1.807, 2.05) is 24.3 Å². The van der Waals surface area contributed by atoms with E-state index in [0.717, 1.165) is 18.5 Å². The van der Waals surface area contributed by atoms with Gasteiger partial charge in [-0.3, -0.25) is 4.79 Å². The van der Waals surface area contributed by atoms with Gasteiger partial charge in [0.15, 0.2) is 0 Å². The van der Waals surface area contributed by atoms with Gasteiger partial charge in [0, 0.05) is 17.1 Å². The highest BCUT2D eigenvalue weighted by atomic mass is 35.5. The Morgan fingerprint density at radius 3 is 2.55 bits per heavy atom. The van der Waals surface area contributed by atoms with Crippen molar-refractivity contribution in [2.24, 2.45) is 5.73 Å². The molecule has 3 rings (SSSR count). The third-order valence-corrected chi connectivity index (χ3v) is 4.80. The summed E-state index contributed by atoms with van der Waals surface area (Å²) in [7, 11) is 0. The van der Waals surface area contributed by atoms with Gasteiger partial charge in [0.05, 0.1) is 10.6 Å². The van der Waals surface area contributed by atoms with Crippen LogP contribution in [0.25, 0.3) is 0 Å². The molecule has 0 radical (unpaired) electrons. The molecule has 1 aliphatic carbocycles. The zero-order valence-electron chi connectivity index (χ0n) is 12.5. The summed E-state index contributed by atoms with van der Waals surface area (Å²) in [6, 6.07) is 14.9. The lowest BCUT2D eigenvalue weighted by atomic mass is 10.0. The van der Waals surface area contributed by atoms with Crippen LogP contribution in [0.2, 0.25) is 5.02 Å². The van der Waals surface area contributed by atoms with E-state index in [1.165, 1.54) is 5.56 Å². The number of carbonyl (C=O) groups excluding carboxylic acids is 1. The van der Waals surface area contributed by atoms with Gasteiger partial charge in [-0.25, -0.2) is 0 Å². The molecule has 0 aliphatic heterocycles. The minimum atomic E-state index is -0.202. The normalized spacial score (nSPS) is 23.1. The first-order valence-electron chi connectivity index (χ1n) is 7.48. The highest BCUT2D eigenvalue weighted by molar-refractivity contribution is 6.34. The van der Waals surface area contributed by atoms with Gasteiger partial charge in [-0.2, -0.15) is 0 Å². The molecule has 1 saturated carbocycles. The number of rotatable bonds is 4. The summed E-state index contributed by atoms with van der Waals surface area (Å²) in [4.78, 5) is 12.2. The van der Waals surface area contributed by atoms with Crippen molar-refractivity contribution >= 4 is 23.2 Å². The van der Waals surface area contributed by atoms with Crippen LogP contribution < -0.4 is 11.1 Å². The monoisotopic (exact) mass is 314 g/mol. The predicted octanol–water partition coefficient (Wildman–Crippen LogP) is 4.19. The third-order valence-electron chi connectivity index (χ3n) is 4.47. The zero-order valence-corrected chi connectivity index (χ0v) is 13.2. The third kappa shape index (κ3) is 2.87. The number of nitrogens with two attached hydrogens (primary N) is 1. The molecule has 0 aromatic heterocycles. The lowest BCUT2D eigenvalue weighted by Gasteiger charge is -2.10. The van der Waals surface area contributed by atoms with E-state index in [0.29, 0.717) is 16.5 Å². The fourth-order valence-electron chi connectivity index (χ4n) is 2.80. The Bertz CT molecular complexity index is 698. The van der Waals surface area contributed by atoms with Gasteiger partial charge < -0.3 is 11.1 Å². The van der Waals surface area contributed by atoms with Crippen molar-refractivity contribution in [3.05, 3.63) is 64.7 Å². The van der Waals surface area contributed by atoms with Crippen LogP contribution in [0.15, 0.2) is 48.5 Å². The van der Waals surface area contributed by atoms with Crippen molar-refractivity contribution in [2.75, 3.05) is 5.32 Å². The van der Waals surface area contributed by atoms with E-state index in [-0.39, 0.29) is 11.4 Å². The summed E-state index contributed by atoms with van der Waals surface area (Å²) in [6.45, 7) is 2.12. The van der Waals surface area contributed by atoms with Crippen molar-refractivity contribution in [3.63, 3.8) is 0 Å². The summed E-state index contributed by atoms with van der Waals surface area (Å²) >= 11 is 6.03. The molecule has 2 atom stereocenters. The second-order valence-corrected chi connectivity index (χ2v) is 6.31. The molecule has 0 saturated heterocycles. The lowest BCUT2D eigenvalue weighted by molar-refractivity contribution is 0.102. The number of hydrogen-bond donors (Lipinski definition) is 2. The van der Waals surface area contributed by atoms with E-state index in [1.54, 1.807) is 24.3 Å².